The highest BCUT2D eigenvalue weighted by Crippen LogP contribution is 2.27. The highest BCUT2D eigenvalue weighted by atomic mass is 32.1. The second kappa shape index (κ2) is 6.49. The molecule has 2 rings (SSSR count). The Labute approximate surface area is 122 Å². The van der Waals surface area contributed by atoms with E-state index in [1.54, 1.807) is 17.5 Å². The summed E-state index contributed by atoms with van der Waals surface area (Å²) in [6, 6.07) is 3.88. The van der Waals surface area contributed by atoms with Crippen LogP contribution >= 0.6 is 11.3 Å². The van der Waals surface area contributed by atoms with E-state index in [1.807, 2.05) is 42.2 Å². The van der Waals surface area contributed by atoms with Gasteiger partial charge in [0, 0.05) is 24.3 Å². The van der Waals surface area contributed by atoms with Gasteiger partial charge < -0.3 is 14.8 Å². The van der Waals surface area contributed by atoms with Crippen molar-refractivity contribution in [2.75, 3.05) is 13.2 Å². The van der Waals surface area contributed by atoms with Crippen LogP contribution in [-0.4, -0.2) is 38.5 Å². The van der Waals surface area contributed by atoms with E-state index in [0.29, 0.717) is 6.42 Å². The van der Waals surface area contributed by atoms with E-state index in [9.17, 15) is 10.2 Å². The fourth-order valence-electron chi connectivity index (χ4n) is 2.15. The van der Waals surface area contributed by atoms with Crippen molar-refractivity contribution in [2.45, 2.75) is 24.9 Å². The van der Waals surface area contributed by atoms with Crippen LogP contribution in [0.3, 0.4) is 0 Å². The number of nitrogens with one attached hydrogen (secondary N) is 1. The Balaban J connectivity index is 2.36. The molecule has 0 aliphatic rings. The molecule has 0 bridgehead atoms. The van der Waals surface area contributed by atoms with Crippen LogP contribution in [0.5, 0.6) is 0 Å². The van der Waals surface area contributed by atoms with Gasteiger partial charge in [-0.3, -0.25) is 5.32 Å². The number of rotatable bonds is 7. The third kappa shape index (κ3) is 2.93. The highest BCUT2D eigenvalue weighted by Gasteiger charge is 2.32. The number of thiophene rings is 1. The molecule has 6 heteroatoms. The molecule has 110 valence electrons. The van der Waals surface area contributed by atoms with Crippen LogP contribution in [0.2, 0.25) is 0 Å². The standard InChI is InChI=1S/C14H21N3O2S/c1-3-14(9-18,10-19)16-12(11-5-4-8-20-11)13-15-6-7-17(13)2/h4-8,12,16,18-19H,3,9-10H2,1-2H3. The number of hydrogen-bond donors (Lipinski definition) is 3. The molecule has 0 fully saturated rings. The fourth-order valence-corrected chi connectivity index (χ4v) is 2.92. The van der Waals surface area contributed by atoms with Crippen molar-refractivity contribution < 1.29 is 10.2 Å². The van der Waals surface area contributed by atoms with Crippen molar-refractivity contribution in [1.82, 2.24) is 14.9 Å². The molecule has 0 spiro atoms. The molecule has 20 heavy (non-hydrogen) atoms. The maximum absolute atomic E-state index is 9.64. The van der Waals surface area contributed by atoms with Crippen molar-refractivity contribution in [1.29, 1.82) is 0 Å². The summed E-state index contributed by atoms with van der Waals surface area (Å²) in [6.45, 7) is 1.71. The minimum Gasteiger partial charge on any atom is -0.394 e. The number of aliphatic hydroxyl groups is 2. The average Bonchev–Trinajstić information content (AvgIpc) is 3.13. The van der Waals surface area contributed by atoms with E-state index < -0.39 is 5.54 Å². The third-order valence-corrected chi connectivity index (χ3v) is 4.61. The van der Waals surface area contributed by atoms with Gasteiger partial charge in [0.05, 0.1) is 18.8 Å². The van der Waals surface area contributed by atoms with Gasteiger partial charge in [-0.1, -0.05) is 13.0 Å². The monoisotopic (exact) mass is 295 g/mol. The number of aromatic nitrogens is 2. The second-order valence-corrected chi connectivity index (χ2v) is 5.92. The molecule has 0 radical (unpaired) electrons. The van der Waals surface area contributed by atoms with Gasteiger partial charge in [0.25, 0.3) is 0 Å². The molecule has 2 heterocycles. The smallest absolute Gasteiger partial charge is 0.131 e. The summed E-state index contributed by atoms with van der Waals surface area (Å²) < 4.78 is 1.95. The van der Waals surface area contributed by atoms with Crippen molar-refractivity contribution in [2.24, 2.45) is 7.05 Å². The molecule has 0 aliphatic carbocycles. The summed E-state index contributed by atoms with van der Waals surface area (Å²) in [5.41, 5.74) is -0.708. The van der Waals surface area contributed by atoms with E-state index in [0.717, 1.165) is 10.7 Å². The fraction of sp³-hybridized carbons (Fsp3) is 0.500. The molecule has 3 N–H and O–H groups in total. The molecule has 0 aromatic carbocycles. The van der Waals surface area contributed by atoms with Crippen LogP contribution in [0, 0.1) is 0 Å². The SMILES string of the molecule is CCC(CO)(CO)NC(c1cccs1)c1nccn1C. The Kier molecular flexibility index (Phi) is 4.93. The minimum atomic E-state index is -0.708. The molecule has 0 saturated carbocycles. The van der Waals surface area contributed by atoms with Gasteiger partial charge in [-0.05, 0) is 17.9 Å². The van der Waals surface area contributed by atoms with Crippen molar-refractivity contribution in [3.8, 4) is 0 Å². The summed E-state index contributed by atoms with van der Waals surface area (Å²) in [5.74, 6) is 0.868. The lowest BCUT2D eigenvalue weighted by Crippen LogP contribution is -2.53. The van der Waals surface area contributed by atoms with E-state index in [4.69, 9.17) is 0 Å². The van der Waals surface area contributed by atoms with Gasteiger partial charge >= 0.3 is 0 Å². The topological polar surface area (TPSA) is 70.3 Å². The number of imidazole rings is 1. The van der Waals surface area contributed by atoms with E-state index in [-0.39, 0.29) is 19.3 Å². The Morgan fingerprint density at radius 1 is 1.45 bits per heavy atom. The molecular weight excluding hydrogens is 274 g/mol. The quantitative estimate of drug-likeness (QED) is 0.720. The normalized spacial score (nSPS) is 13.6. The molecule has 1 unspecified atom stereocenters. The van der Waals surface area contributed by atoms with Crippen LogP contribution < -0.4 is 5.32 Å². The first-order valence-electron chi connectivity index (χ1n) is 6.66. The third-order valence-electron chi connectivity index (χ3n) is 3.68. The predicted octanol–water partition coefficient (Wildman–Crippen LogP) is 1.29. The minimum absolute atomic E-state index is 0.119. The second-order valence-electron chi connectivity index (χ2n) is 4.94. The van der Waals surface area contributed by atoms with Gasteiger partial charge in [-0.2, -0.15) is 0 Å². The maximum atomic E-state index is 9.64. The van der Waals surface area contributed by atoms with E-state index in [1.165, 1.54) is 0 Å². The lowest BCUT2D eigenvalue weighted by atomic mass is 9.96. The molecule has 0 amide bonds. The van der Waals surface area contributed by atoms with Crippen LogP contribution in [0.1, 0.15) is 30.1 Å². The molecule has 5 nitrogen and oxygen atoms in total. The van der Waals surface area contributed by atoms with E-state index in [2.05, 4.69) is 10.3 Å². The first-order valence-corrected chi connectivity index (χ1v) is 7.54. The molecular formula is C14H21N3O2S. The van der Waals surface area contributed by atoms with Crippen LogP contribution in [-0.2, 0) is 7.05 Å². The van der Waals surface area contributed by atoms with Crippen LogP contribution in [0.15, 0.2) is 29.9 Å². The largest absolute Gasteiger partial charge is 0.394 e. The molecule has 0 saturated heterocycles. The summed E-state index contributed by atoms with van der Waals surface area (Å²) in [5, 5.41) is 24.7. The Morgan fingerprint density at radius 3 is 2.65 bits per heavy atom. The maximum Gasteiger partial charge on any atom is 0.131 e. The molecule has 0 aliphatic heterocycles. The summed E-state index contributed by atoms with van der Waals surface area (Å²) in [4.78, 5) is 5.51. The zero-order chi connectivity index (χ0) is 14.6. The predicted molar refractivity (Wildman–Crippen MR) is 79.7 cm³/mol. The van der Waals surface area contributed by atoms with Crippen LogP contribution in [0.25, 0.3) is 0 Å². The molecule has 1 atom stereocenters. The first kappa shape index (κ1) is 15.2. The van der Waals surface area contributed by atoms with Gasteiger partial charge in [-0.15, -0.1) is 11.3 Å². The van der Waals surface area contributed by atoms with Crippen molar-refractivity contribution >= 4 is 11.3 Å². The Morgan fingerprint density at radius 2 is 2.20 bits per heavy atom. The first-order chi connectivity index (χ1) is 9.65. The van der Waals surface area contributed by atoms with Crippen molar-refractivity contribution in [3.05, 3.63) is 40.6 Å². The summed E-state index contributed by atoms with van der Waals surface area (Å²) in [6.07, 6.45) is 4.28. The number of aliphatic hydroxyl groups excluding tert-OH is 2. The summed E-state index contributed by atoms with van der Waals surface area (Å²) in [7, 11) is 1.94. The van der Waals surface area contributed by atoms with Gasteiger partial charge in [0.1, 0.15) is 11.9 Å². The number of hydrogen-bond acceptors (Lipinski definition) is 5. The van der Waals surface area contributed by atoms with Gasteiger partial charge in [0.2, 0.25) is 0 Å². The Hall–Kier alpha value is -1.21. The van der Waals surface area contributed by atoms with Crippen molar-refractivity contribution in [3.63, 3.8) is 0 Å². The van der Waals surface area contributed by atoms with Gasteiger partial charge in [-0.25, -0.2) is 4.98 Å². The van der Waals surface area contributed by atoms with Gasteiger partial charge in [0.15, 0.2) is 0 Å². The lowest BCUT2D eigenvalue weighted by molar-refractivity contribution is 0.0806. The molecule has 2 aromatic rings. The highest BCUT2D eigenvalue weighted by molar-refractivity contribution is 7.10. The number of nitrogens with zero attached hydrogens (tertiary/aromatic N) is 2. The molecule has 2 aromatic heterocycles. The zero-order valence-electron chi connectivity index (χ0n) is 11.8. The average molecular weight is 295 g/mol. The lowest BCUT2D eigenvalue weighted by Gasteiger charge is -2.34. The zero-order valence-corrected chi connectivity index (χ0v) is 12.6. The Bertz CT molecular complexity index is 512. The van der Waals surface area contributed by atoms with E-state index >= 15 is 0 Å². The summed E-state index contributed by atoms with van der Waals surface area (Å²) >= 11 is 1.63. The van der Waals surface area contributed by atoms with Crippen LogP contribution in [0.4, 0.5) is 0 Å². The number of aryl methyl sites for hydroxylation is 1.